The lowest BCUT2D eigenvalue weighted by Crippen LogP contribution is -2.14. The Morgan fingerprint density at radius 3 is 0.681 bits per heavy atom. The van der Waals surface area contributed by atoms with E-state index in [0.29, 0.717) is 0 Å². The fourth-order valence-electron chi connectivity index (χ4n) is 12.6. The molecule has 0 radical (unpaired) electrons. The minimum atomic E-state index is -0.0848. The Bertz CT molecular complexity index is 3620. The van der Waals surface area contributed by atoms with Gasteiger partial charge in [-0.05, 0) is 153 Å². The maximum absolute atomic E-state index is 2.46. The number of hydrogen-bond donors (Lipinski definition) is 0. The van der Waals surface area contributed by atoms with Crippen molar-refractivity contribution in [2.75, 3.05) is 0 Å². The molecule has 0 amide bonds. The molecule has 0 aliphatic carbocycles. The summed E-state index contributed by atoms with van der Waals surface area (Å²) in [7, 11) is 0. The van der Waals surface area contributed by atoms with Crippen LogP contribution in [-0.4, -0.2) is 0 Å². The van der Waals surface area contributed by atoms with Gasteiger partial charge in [-0.3, -0.25) is 0 Å². The Labute approximate surface area is 427 Å². The van der Waals surface area contributed by atoms with Crippen molar-refractivity contribution >= 4 is 75.4 Å². The van der Waals surface area contributed by atoms with Crippen LogP contribution in [0, 0.1) is 0 Å². The van der Waals surface area contributed by atoms with Crippen LogP contribution in [0.1, 0.15) is 151 Å². The molecule has 0 aliphatic rings. The van der Waals surface area contributed by atoms with E-state index in [4.69, 9.17) is 0 Å². The monoisotopic (exact) mass is 933 g/mol. The van der Waals surface area contributed by atoms with E-state index in [0.717, 1.165) is 0 Å². The molecule has 0 atom stereocenters. The van der Waals surface area contributed by atoms with Crippen LogP contribution in [0.3, 0.4) is 0 Å². The van der Waals surface area contributed by atoms with Crippen LogP contribution in [0.25, 0.3) is 75.4 Å². The summed E-state index contributed by atoms with van der Waals surface area (Å²) in [4.78, 5) is 0. The molecular formula is C72H68. The summed E-state index contributed by atoms with van der Waals surface area (Å²) < 4.78 is 0. The highest BCUT2D eigenvalue weighted by molar-refractivity contribution is 6.43. The zero-order valence-electron chi connectivity index (χ0n) is 44.5. The van der Waals surface area contributed by atoms with Gasteiger partial charge < -0.3 is 0 Å². The second-order valence-corrected chi connectivity index (χ2v) is 25.2. The van der Waals surface area contributed by atoms with Crippen molar-refractivity contribution in [1.82, 2.24) is 0 Å². The van der Waals surface area contributed by atoms with Gasteiger partial charge in [-0.2, -0.15) is 0 Å². The van der Waals surface area contributed by atoms with Gasteiger partial charge in [0, 0.05) is 11.8 Å². The third kappa shape index (κ3) is 7.23. The van der Waals surface area contributed by atoms with Gasteiger partial charge in [0.25, 0.3) is 0 Å². The summed E-state index contributed by atoms with van der Waals surface area (Å²) in [5.41, 5.74) is 13.5. The molecule has 12 rings (SSSR count). The van der Waals surface area contributed by atoms with E-state index in [2.05, 4.69) is 265 Å². The summed E-state index contributed by atoms with van der Waals surface area (Å²) in [5, 5.41) is 18.8. The number of rotatable bonds is 6. The van der Waals surface area contributed by atoms with Crippen molar-refractivity contribution in [3.8, 4) is 0 Å². The highest BCUT2D eigenvalue weighted by atomic mass is 14.4. The van der Waals surface area contributed by atoms with E-state index in [9.17, 15) is 0 Å². The average Bonchev–Trinajstić information content (AvgIpc) is 3.87. The third-order valence-electron chi connectivity index (χ3n) is 16.5. The van der Waals surface area contributed by atoms with Gasteiger partial charge in [0.1, 0.15) is 0 Å². The van der Waals surface area contributed by atoms with E-state index in [1.807, 2.05) is 0 Å². The van der Waals surface area contributed by atoms with E-state index < -0.39 is 0 Å². The zero-order valence-corrected chi connectivity index (χ0v) is 44.5. The minimum absolute atomic E-state index is 0.0211. The summed E-state index contributed by atoms with van der Waals surface area (Å²) in [6.45, 7) is 27.9. The molecule has 0 spiro atoms. The molecule has 0 aromatic heterocycles. The molecule has 0 fully saturated rings. The molecule has 12 aromatic rings. The Hall–Kier alpha value is -7.02. The topological polar surface area (TPSA) is 0 Å². The highest BCUT2D eigenvalue weighted by Gasteiger charge is 2.34. The summed E-state index contributed by atoms with van der Waals surface area (Å²) in [6.07, 6.45) is 0. The molecule has 0 unspecified atom stereocenters. The van der Waals surface area contributed by atoms with Gasteiger partial charge in [-0.15, -0.1) is 0 Å². The zero-order chi connectivity index (χ0) is 50.2. The maximum Gasteiger partial charge on any atom is 0.0352 e. The van der Waals surface area contributed by atoms with Crippen molar-refractivity contribution in [3.05, 3.63) is 238 Å². The Morgan fingerprint density at radius 2 is 0.417 bits per heavy atom. The van der Waals surface area contributed by atoms with Crippen molar-refractivity contribution in [2.45, 2.75) is 117 Å². The van der Waals surface area contributed by atoms with E-state index in [1.54, 1.807) is 0 Å². The largest absolute Gasteiger partial charge is 0.0616 e. The van der Waals surface area contributed by atoms with Crippen LogP contribution in [0.4, 0.5) is 0 Å². The van der Waals surface area contributed by atoms with Crippen LogP contribution in [0.15, 0.2) is 182 Å². The van der Waals surface area contributed by atoms with Crippen LogP contribution in [-0.2, 0) is 21.7 Å². The lowest BCUT2D eigenvalue weighted by molar-refractivity contribution is 0.589. The third-order valence-corrected chi connectivity index (χ3v) is 16.5. The molecule has 0 heteroatoms. The van der Waals surface area contributed by atoms with Gasteiger partial charge >= 0.3 is 0 Å². The standard InChI is InChI=1S/C72H68/c1-69(2,3)47-35-27-43(28-36-47)59(44-29-37-48(38-30-44)70(4,5)6)67-63-55-21-15-13-19-51(55)53-23-18-26-58(61(53)63)66-65(67)57-25-17-24-54-52-20-14-16-22-56(52)64(62(54)57)68(66)60(45-31-39-49(40-32-45)71(7,8)9)46-33-41-50(42-34-46)72(10,11)12/h13-42,59-60H,1-12H3. The fraction of sp³-hybridized carbons (Fsp3) is 0.250. The quantitative estimate of drug-likeness (QED) is 0.115. The normalized spacial score (nSPS) is 13.2. The Balaban J connectivity index is 1.35. The lowest BCUT2D eigenvalue weighted by Gasteiger charge is -2.30. The predicted molar refractivity (Wildman–Crippen MR) is 314 cm³/mol. The van der Waals surface area contributed by atoms with Crippen molar-refractivity contribution in [3.63, 3.8) is 0 Å². The summed E-state index contributed by atoms with van der Waals surface area (Å²) in [6, 6.07) is 71.7. The smallest absolute Gasteiger partial charge is 0.0352 e. The first-order chi connectivity index (χ1) is 34.3. The SMILES string of the molecule is CC(C)(C)c1ccc(C(c2ccc(C(C)(C)C)cc2)c2c3c4cccc5c6ccccc6c(c(C(c6ccc(C(C)(C)C)cc6)c6ccc(C(C)(C)C)cc6)c3c3cccc6c7ccccc7c2c63)c54)cc1. The van der Waals surface area contributed by atoms with Crippen LogP contribution in [0.2, 0.25) is 0 Å². The van der Waals surface area contributed by atoms with Crippen molar-refractivity contribution in [2.24, 2.45) is 0 Å². The average molecular weight is 933 g/mol. The summed E-state index contributed by atoms with van der Waals surface area (Å²) >= 11 is 0. The minimum Gasteiger partial charge on any atom is -0.0616 e. The van der Waals surface area contributed by atoms with E-state index in [-0.39, 0.29) is 33.5 Å². The van der Waals surface area contributed by atoms with Gasteiger partial charge in [-0.1, -0.05) is 265 Å². The molecule has 0 heterocycles. The van der Waals surface area contributed by atoms with E-state index >= 15 is 0 Å². The second-order valence-electron chi connectivity index (χ2n) is 25.2. The molecule has 72 heavy (non-hydrogen) atoms. The van der Waals surface area contributed by atoms with Gasteiger partial charge in [0.2, 0.25) is 0 Å². The molecule has 12 aromatic carbocycles. The van der Waals surface area contributed by atoms with Crippen LogP contribution < -0.4 is 0 Å². The molecule has 0 nitrogen and oxygen atoms in total. The first-order valence-electron chi connectivity index (χ1n) is 26.4. The summed E-state index contributed by atoms with van der Waals surface area (Å²) in [5.74, 6) is -0.170. The molecule has 0 aliphatic heterocycles. The first kappa shape index (κ1) is 46.1. The Kier molecular flexibility index (Phi) is 10.4. The molecule has 0 saturated carbocycles. The molecule has 0 N–H and O–H groups in total. The van der Waals surface area contributed by atoms with Gasteiger partial charge in [0.15, 0.2) is 0 Å². The predicted octanol–water partition coefficient (Wildman–Crippen LogP) is 20.2. The Morgan fingerprint density at radius 1 is 0.208 bits per heavy atom. The second kappa shape index (κ2) is 16.2. The van der Waals surface area contributed by atoms with Gasteiger partial charge in [0.05, 0.1) is 0 Å². The highest BCUT2D eigenvalue weighted by Crippen LogP contribution is 2.57. The van der Waals surface area contributed by atoms with Crippen LogP contribution in [0.5, 0.6) is 0 Å². The maximum atomic E-state index is 2.46. The number of hydrogen-bond acceptors (Lipinski definition) is 0. The van der Waals surface area contributed by atoms with Crippen LogP contribution >= 0.6 is 0 Å². The molecule has 356 valence electrons. The number of fused-ring (bicyclic) bond motifs is 9. The number of benzene rings is 10. The molecular weight excluding hydrogens is 865 g/mol. The fourth-order valence-corrected chi connectivity index (χ4v) is 12.6. The van der Waals surface area contributed by atoms with E-state index in [1.165, 1.54) is 131 Å². The first-order valence-corrected chi connectivity index (χ1v) is 26.4. The lowest BCUT2D eigenvalue weighted by atomic mass is 9.73. The molecule has 0 bridgehead atoms. The van der Waals surface area contributed by atoms with Gasteiger partial charge in [-0.25, -0.2) is 0 Å². The van der Waals surface area contributed by atoms with Crippen molar-refractivity contribution < 1.29 is 0 Å². The molecule has 0 saturated heterocycles. The van der Waals surface area contributed by atoms with Crippen molar-refractivity contribution in [1.29, 1.82) is 0 Å².